The van der Waals surface area contributed by atoms with E-state index in [9.17, 15) is 61.0 Å². The van der Waals surface area contributed by atoms with E-state index >= 15 is 0 Å². The molecule has 0 aromatic heterocycles. The highest BCUT2D eigenvalue weighted by Crippen LogP contribution is 2.33. The topological polar surface area (TPSA) is 307 Å². The molecule has 3 saturated heterocycles. The minimum atomic E-state index is -1.99. The van der Waals surface area contributed by atoms with Crippen LogP contribution in [0.4, 0.5) is 0 Å². The van der Waals surface area contributed by atoms with Gasteiger partial charge in [0.05, 0.1) is 38.6 Å². The van der Waals surface area contributed by atoms with Crippen LogP contribution in [0.3, 0.4) is 0 Å². The maximum Gasteiger partial charge on any atom is 0.220 e. The largest absolute Gasteiger partial charge is 0.394 e. The first kappa shape index (κ1) is 70.5. The summed E-state index contributed by atoms with van der Waals surface area (Å²) < 4.78 is 34.2. The van der Waals surface area contributed by atoms with Gasteiger partial charge >= 0.3 is 0 Å². The van der Waals surface area contributed by atoms with Crippen LogP contribution < -0.4 is 5.32 Å². The van der Waals surface area contributed by atoms with E-state index in [-0.39, 0.29) is 18.9 Å². The fraction of sp³-hybridized carbons (Fsp3) is 0.783. The molecule has 17 atom stereocenters. The highest BCUT2D eigenvalue weighted by atomic mass is 16.8. The molecular formula is C60H103NO18. The van der Waals surface area contributed by atoms with Crippen molar-refractivity contribution in [3.63, 3.8) is 0 Å². The summed E-state index contributed by atoms with van der Waals surface area (Å²) in [6.07, 6.45) is 23.1. The van der Waals surface area contributed by atoms with Crippen LogP contribution in [0.2, 0.25) is 0 Å². The maximum absolute atomic E-state index is 13.3. The molecular weight excluding hydrogens is 1020 g/mol. The van der Waals surface area contributed by atoms with Crippen LogP contribution in [-0.4, -0.2) is 193 Å². The lowest BCUT2D eigenvalue weighted by Gasteiger charge is -2.48. The van der Waals surface area contributed by atoms with Crippen molar-refractivity contribution in [2.75, 3.05) is 26.4 Å². The zero-order valence-electron chi connectivity index (χ0n) is 47.3. The normalized spacial score (nSPS) is 30.8. The monoisotopic (exact) mass is 1130 g/mol. The molecule has 0 aromatic rings. The zero-order chi connectivity index (χ0) is 57.6. The first-order valence-corrected chi connectivity index (χ1v) is 29.7. The molecule has 3 fully saturated rings. The summed E-state index contributed by atoms with van der Waals surface area (Å²) in [7, 11) is 0. The van der Waals surface area contributed by atoms with Crippen molar-refractivity contribution in [2.45, 2.75) is 272 Å². The Hall–Kier alpha value is -2.77. The van der Waals surface area contributed by atoms with Crippen LogP contribution in [0.15, 0.2) is 72.9 Å². The Bertz CT molecular complexity index is 1730. The van der Waals surface area contributed by atoms with Crippen molar-refractivity contribution in [1.29, 1.82) is 0 Å². The zero-order valence-corrected chi connectivity index (χ0v) is 47.3. The van der Waals surface area contributed by atoms with Crippen molar-refractivity contribution < 1.29 is 89.4 Å². The number of carbonyl (C=O) groups excluding carboxylic acids is 1. The Labute approximate surface area is 470 Å². The molecule has 0 aromatic carbocycles. The standard InChI is InChI=1S/C60H103NO18/c1-3-5-7-9-11-13-15-17-19-21-23-25-27-29-31-33-35-37-44(65)43(61-48(66)38-36-34-32-30-28-26-24-22-20-18-16-14-12-10-8-6-4-2)42-74-58-54(72)51(69)56(46(40-63)76-58)79-60-55(73)52(70)57(47(41-64)77-60)78-59-53(71)50(68)49(67)45(39-62)75-59/h6,8,12,14,18,20,24,26-27,29,35,37,43-47,49-60,62-65,67-73H,3-5,7,9-11,13,15-17,19,21-23,25,28,30-34,36,38-42H2,1-2H3,(H,61,66)/b8-6-,14-12-,20-18-,26-24-,29-27+,37-35+. The average molecular weight is 1130 g/mol. The predicted molar refractivity (Wildman–Crippen MR) is 300 cm³/mol. The first-order chi connectivity index (χ1) is 38.3. The van der Waals surface area contributed by atoms with Crippen molar-refractivity contribution in [1.82, 2.24) is 5.32 Å². The number of hydrogen-bond acceptors (Lipinski definition) is 18. The lowest BCUT2D eigenvalue weighted by atomic mass is 9.96. The lowest BCUT2D eigenvalue weighted by Crippen LogP contribution is -2.66. The second-order valence-electron chi connectivity index (χ2n) is 21.1. The molecule has 1 amide bonds. The van der Waals surface area contributed by atoms with Crippen LogP contribution in [0.5, 0.6) is 0 Å². The van der Waals surface area contributed by atoms with Gasteiger partial charge in [-0.3, -0.25) is 4.79 Å². The number of aliphatic hydroxyl groups excluding tert-OH is 11. The summed E-state index contributed by atoms with van der Waals surface area (Å²) in [6.45, 7) is 1.54. The van der Waals surface area contributed by atoms with E-state index in [1.54, 1.807) is 6.08 Å². The number of aliphatic hydroxyl groups is 11. The molecule has 3 aliphatic heterocycles. The molecule has 456 valence electrons. The molecule has 19 nitrogen and oxygen atoms in total. The highest BCUT2D eigenvalue weighted by molar-refractivity contribution is 5.76. The first-order valence-electron chi connectivity index (χ1n) is 29.7. The molecule has 0 spiro atoms. The smallest absolute Gasteiger partial charge is 0.220 e. The van der Waals surface area contributed by atoms with Gasteiger partial charge in [0.2, 0.25) is 5.91 Å². The number of hydrogen-bond donors (Lipinski definition) is 12. The summed E-state index contributed by atoms with van der Waals surface area (Å²) in [5, 5.41) is 120. The molecule has 19 heteroatoms. The van der Waals surface area contributed by atoms with E-state index in [2.05, 4.69) is 79.9 Å². The molecule has 79 heavy (non-hydrogen) atoms. The molecule has 3 heterocycles. The van der Waals surface area contributed by atoms with Crippen molar-refractivity contribution in [3.05, 3.63) is 72.9 Å². The Balaban J connectivity index is 1.54. The second kappa shape index (κ2) is 43.0. The number of nitrogens with one attached hydrogen (secondary N) is 1. The van der Waals surface area contributed by atoms with E-state index < -0.39 is 124 Å². The number of unbranched alkanes of at least 4 members (excludes halogenated alkanes) is 16. The van der Waals surface area contributed by atoms with Crippen LogP contribution >= 0.6 is 0 Å². The van der Waals surface area contributed by atoms with Gasteiger partial charge in [-0.05, 0) is 70.6 Å². The summed E-state index contributed by atoms with van der Waals surface area (Å²) in [4.78, 5) is 13.3. The van der Waals surface area contributed by atoms with Gasteiger partial charge in [0.1, 0.15) is 73.2 Å². The van der Waals surface area contributed by atoms with Crippen molar-refractivity contribution in [2.24, 2.45) is 0 Å². The third kappa shape index (κ3) is 27.0. The van der Waals surface area contributed by atoms with E-state index in [1.165, 1.54) is 64.2 Å². The van der Waals surface area contributed by atoms with Crippen LogP contribution in [-0.2, 0) is 33.2 Å². The fourth-order valence-electron chi connectivity index (χ4n) is 9.61. The Morgan fingerprint density at radius 2 is 0.886 bits per heavy atom. The highest BCUT2D eigenvalue weighted by Gasteiger charge is 2.53. The average Bonchev–Trinajstić information content (AvgIpc) is 3.54. The summed E-state index contributed by atoms with van der Waals surface area (Å²) in [5.41, 5.74) is 0. The molecule has 0 saturated carbocycles. The van der Waals surface area contributed by atoms with E-state index in [4.69, 9.17) is 28.4 Å². The van der Waals surface area contributed by atoms with Gasteiger partial charge in [-0.1, -0.05) is 164 Å². The van der Waals surface area contributed by atoms with Gasteiger partial charge in [0.25, 0.3) is 0 Å². The van der Waals surface area contributed by atoms with Crippen molar-refractivity contribution in [3.8, 4) is 0 Å². The third-order valence-electron chi connectivity index (χ3n) is 14.5. The van der Waals surface area contributed by atoms with Gasteiger partial charge in [-0.25, -0.2) is 0 Å². The van der Waals surface area contributed by atoms with Crippen LogP contribution in [0, 0.1) is 0 Å². The molecule has 0 aliphatic carbocycles. The molecule has 0 radical (unpaired) electrons. The molecule has 3 rings (SSSR count). The molecule has 12 N–H and O–H groups in total. The SMILES string of the molecule is CC/C=C\C/C=C\C/C=C\C/C=C\CCCCCCC(=O)NC(COC1OC(CO)C(OC2OC(CO)C(OC3OC(CO)C(O)C(O)C3O)C(O)C2O)C(O)C1O)C(O)/C=C/CC/C=C/CCCCCCCCCCCCC. The van der Waals surface area contributed by atoms with Gasteiger partial charge in [0, 0.05) is 6.42 Å². The summed E-state index contributed by atoms with van der Waals surface area (Å²) in [6, 6.07) is -1.01. The predicted octanol–water partition coefficient (Wildman–Crippen LogP) is 5.04. The number of ether oxygens (including phenoxy) is 6. The quantitative estimate of drug-likeness (QED) is 0.0282. The van der Waals surface area contributed by atoms with Crippen LogP contribution in [0.25, 0.3) is 0 Å². The molecule has 3 aliphatic rings. The van der Waals surface area contributed by atoms with Gasteiger partial charge in [0.15, 0.2) is 18.9 Å². The number of carbonyl (C=O) groups is 1. The molecule has 17 unspecified atom stereocenters. The Kier molecular flexibility index (Phi) is 38.3. The Morgan fingerprint density at radius 3 is 1.42 bits per heavy atom. The van der Waals surface area contributed by atoms with E-state index in [0.717, 1.165) is 70.6 Å². The van der Waals surface area contributed by atoms with Gasteiger partial charge in [-0.15, -0.1) is 0 Å². The van der Waals surface area contributed by atoms with E-state index in [0.29, 0.717) is 12.8 Å². The molecule has 0 bridgehead atoms. The van der Waals surface area contributed by atoms with Gasteiger partial charge in [-0.2, -0.15) is 0 Å². The number of allylic oxidation sites excluding steroid dienone is 11. The second-order valence-corrected chi connectivity index (χ2v) is 21.1. The van der Waals surface area contributed by atoms with Gasteiger partial charge < -0.3 is 89.9 Å². The van der Waals surface area contributed by atoms with Crippen molar-refractivity contribution >= 4 is 5.91 Å². The summed E-state index contributed by atoms with van der Waals surface area (Å²) >= 11 is 0. The minimum Gasteiger partial charge on any atom is -0.394 e. The summed E-state index contributed by atoms with van der Waals surface area (Å²) in [5.74, 6) is -0.313. The lowest BCUT2D eigenvalue weighted by molar-refractivity contribution is -0.379. The Morgan fingerprint density at radius 1 is 0.468 bits per heavy atom. The third-order valence-corrected chi connectivity index (χ3v) is 14.5. The van der Waals surface area contributed by atoms with E-state index in [1.807, 2.05) is 6.08 Å². The number of rotatable bonds is 42. The fourth-order valence-corrected chi connectivity index (χ4v) is 9.61. The minimum absolute atomic E-state index is 0.204. The maximum atomic E-state index is 13.3. The van der Waals surface area contributed by atoms with Crippen LogP contribution in [0.1, 0.15) is 168 Å². The number of amides is 1.